The van der Waals surface area contributed by atoms with Crippen LogP contribution in [0.25, 0.3) is 0 Å². The van der Waals surface area contributed by atoms with Crippen LogP contribution in [0.1, 0.15) is 87.5 Å². The van der Waals surface area contributed by atoms with Crippen LogP contribution in [0.4, 0.5) is 0 Å². The van der Waals surface area contributed by atoms with Crippen molar-refractivity contribution in [1.29, 1.82) is 0 Å². The summed E-state index contributed by atoms with van der Waals surface area (Å²) in [6, 6.07) is 0. The predicted molar refractivity (Wildman–Crippen MR) is 157 cm³/mol. The molecule has 0 radical (unpaired) electrons. The van der Waals surface area contributed by atoms with Crippen molar-refractivity contribution in [2.45, 2.75) is 140 Å². The lowest BCUT2D eigenvalue weighted by Crippen LogP contribution is -2.54. The fourth-order valence-electron chi connectivity index (χ4n) is 7.73. The second-order valence-corrected chi connectivity index (χ2v) is 13.7. The van der Waals surface area contributed by atoms with E-state index in [0.717, 1.165) is 45.3 Å². The van der Waals surface area contributed by atoms with Gasteiger partial charge in [0.2, 0.25) is 0 Å². The van der Waals surface area contributed by atoms with Crippen molar-refractivity contribution >= 4 is 5.78 Å². The lowest BCUT2D eigenvalue weighted by molar-refractivity contribution is -0.142. The summed E-state index contributed by atoms with van der Waals surface area (Å²) in [7, 11) is 3.30. The Kier molecular flexibility index (Phi) is 9.40. The SMILES string of the molecule is C.CO[C@@H]1C(=O)CC[C@]2(CO2)[C@H]1[C@@]1(C)O[C@@H]1CC=C(C)C.CO[C@@H]1[C@H](O)CC[C@]2(CO2)[C@H]1[C@@]1(C)O[C@@H]1CC=C(C)C. The molecule has 8 heteroatoms. The molecule has 1 N–H and O–H groups in total. The first kappa shape index (κ1) is 32.8. The third-order valence-corrected chi connectivity index (χ3v) is 10.3. The standard InChI is InChI=1S/C16H26O4.C16H24O4.CH4/c2*1-10(2)5-6-12-15(3,20-12)14-13(18-4)11(17)7-8-16(14)9-19-16;/h5,11-14,17H,6-9H2,1-4H3;5,12-14H,6-9H2,1-4H3;1H4/t11-,12-,13-,14-,15+,16+;12-,13-,14-,15+,16+;/m11./s1. The Hall–Kier alpha value is -1.13. The summed E-state index contributed by atoms with van der Waals surface area (Å²) in [6.45, 7) is 14.2. The van der Waals surface area contributed by atoms with E-state index in [1.54, 1.807) is 14.2 Å². The van der Waals surface area contributed by atoms with Crippen LogP contribution >= 0.6 is 0 Å². The molecule has 0 amide bonds. The Balaban J connectivity index is 0.000000184. The highest BCUT2D eigenvalue weighted by molar-refractivity contribution is 5.85. The first-order chi connectivity index (χ1) is 18.9. The van der Waals surface area contributed by atoms with Crippen molar-refractivity contribution in [1.82, 2.24) is 0 Å². The molecular weight excluding hydrogens is 524 g/mol. The molecule has 4 heterocycles. The molecule has 2 aliphatic carbocycles. The molecule has 8 nitrogen and oxygen atoms in total. The number of methoxy groups -OCH3 is 2. The maximum absolute atomic E-state index is 12.2. The van der Waals surface area contributed by atoms with E-state index in [1.807, 2.05) is 0 Å². The van der Waals surface area contributed by atoms with E-state index >= 15 is 0 Å². The summed E-state index contributed by atoms with van der Waals surface area (Å²) in [5, 5.41) is 10.2. The molecule has 0 aromatic rings. The van der Waals surface area contributed by atoms with Crippen molar-refractivity contribution < 1.29 is 38.3 Å². The Morgan fingerprint density at radius 3 is 1.80 bits per heavy atom. The van der Waals surface area contributed by atoms with E-state index in [4.69, 9.17) is 28.4 Å². The van der Waals surface area contributed by atoms with Crippen molar-refractivity contribution in [2.24, 2.45) is 11.8 Å². The molecule has 6 aliphatic rings. The van der Waals surface area contributed by atoms with Crippen LogP contribution in [0.5, 0.6) is 0 Å². The zero-order valence-corrected chi connectivity index (χ0v) is 25.7. The predicted octanol–water partition coefficient (Wildman–Crippen LogP) is 4.95. The molecule has 0 aromatic carbocycles. The van der Waals surface area contributed by atoms with Crippen LogP contribution < -0.4 is 0 Å². The number of ether oxygens (including phenoxy) is 6. The number of Topliss-reactive ketones (excluding diaryl/α,β-unsaturated/α-hetero) is 1. The number of aliphatic hydroxyl groups is 1. The highest BCUT2D eigenvalue weighted by Gasteiger charge is 2.73. The van der Waals surface area contributed by atoms with Gasteiger partial charge in [0.1, 0.15) is 22.9 Å². The highest BCUT2D eigenvalue weighted by Crippen LogP contribution is 2.60. The van der Waals surface area contributed by atoms with Crippen molar-refractivity contribution in [3.05, 3.63) is 23.3 Å². The second kappa shape index (κ2) is 11.8. The Bertz CT molecular complexity index is 1020. The molecule has 0 bridgehead atoms. The molecule has 6 rings (SSSR count). The molecular formula is C33H54O8. The normalized spacial score (nSPS) is 47.0. The zero-order valence-electron chi connectivity index (χ0n) is 25.7. The topological polar surface area (TPSA) is 106 Å². The molecule has 234 valence electrons. The van der Waals surface area contributed by atoms with Gasteiger partial charge in [-0.15, -0.1) is 0 Å². The van der Waals surface area contributed by atoms with Gasteiger partial charge in [-0.05, 0) is 73.6 Å². The molecule has 11 atom stereocenters. The quantitative estimate of drug-likeness (QED) is 0.319. The number of hydrogen-bond donors (Lipinski definition) is 1. The molecule has 4 saturated heterocycles. The number of epoxide rings is 4. The molecule has 41 heavy (non-hydrogen) atoms. The zero-order chi connectivity index (χ0) is 29.1. The van der Waals surface area contributed by atoms with Crippen LogP contribution in [0.15, 0.2) is 23.3 Å². The highest BCUT2D eigenvalue weighted by atomic mass is 16.6. The van der Waals surface area contributed by atoms with Crippen LogP contribution in [0.2, 0.25) is 0 Å². The molecule has 2 spiro atoms. The van der Waals surface area contributed by atoms with Gasteiger partial charge in [-0.3, -0.25) is 4.79 Å². The number of hydrogen-bond acceptors (Lipinski definition) is 8. The number of rotatable bonds is 8. The van der Waals surface area contributed by atoms with Crippen molar-refractivity contribution in [2.75, 3.05) is 27.4 Å². The minimum absolute atomic E-state index is 0. The van der Waals surface area contributed by atoms with E-state index in [1.165, 1.54) is 11.1 Å². The molecule has 6 fully saturated rings. The van der Waals surface area contributed by atoms with Crippen LogP contribution in [-0.4, -0.2) is 91.2 Å². The monoisotopic (exact) mass is 578 g/mol. The average molecular weight is 579 g/mol. The van der Waals surface area contributed by atoms with Gasteiger partial charge >= 0.3 is 0 Å². The molecule has 0 unspecified atom stereocenters. The van der Waals surface area contributed by atoms with Crippen molar-refractivity contribution in [3.8, 4) is 0 Å². The molecule has 2 saturated carbocycles. The fourth-order valence-corrected chi connectivity index (χ4v) is 7.73. The van der Waals surface area contributed by atoms with Gasteiger partial charge < -0.3 is 33.5 Å². The second-order valence-electron chi connectivity index (χ2n) is 13.7. The lowest BCUT2D eigenvalue weighted by atomic mass is 9.68. The number of ketones is 1. The van der Waals surface area contributed by atoms with Gasteiger partial charge in [0.25, 0.3) is 0 Å². The lowest BCUT2D eigenvalue weighted by Gasteiger charge is -2.41. The van der Waals surface area contributed by atoms with E-state index in [0.29, 0.717) is 6.42 Å². The summed E-state index contributed by atoms with van der Waals surface area (Å²) >= 11 is 0. The van der Waals surface area contributed by atoms with Gasteiger partial charge in [-0.25, -0.2) is 0 Å². The Morgan fingerprint density at radius 1 is 0.878 bits per heavy atom. The third-order valence-electron chi connectivity index (χ3n) is 10.3. The van der Waals surface area contributed by atoms with E-state index in [-0.39, 0.29) is 71.9 Å². The van der Waals surface area contributed by atoms with Crippen LogP contribution in [0.3, 0.4) is 0 Å². The first-order valence-corrected chi connectivity index (χ1v) is 15.0. The van der Waals surface area contributed by atoms with Crippen molar-refractivity contribution in [3.63, 3.8) is 0 Å². The number of allylic oxidation sites excluding steroid dienone is 2. The van der Waals surface area contributed by atoms with E-state index < -0.39 is 6.10 Å². The maximum Gasteiger partial charge on any atom is 0.162 e. The van der Waals surface area contributed by atoms with Gasteiger partial charge in [0.05, 0.1) is 55.1 Å². The number of carbonyl (C=O) groups is 1. The number of aliphatic hydroxyl groups excluding tert-OH is 1. The summed E-state index contributed by atoms with van der Waals surface area (Å²) in [4.78, 5) is 12.2. The summed E-state index contributed by atoms with van der Waals surface area (Å²) in [5.74, 6) is 0.340. The van der Waals surface area contributed by atoms with Gasteiger partial charge in [-0.1, -0.05) is 30.7 Å². The Morgan fingerprint density at radius 2 is 1.37 bits per heavy atom. The first-order valence-electron chi connectivity index (χ1n) is 15.0. The summed E-state index contributed by atoms with van der Waals surface area (Å²) in [5.41, 5.74) is 1.79. The third kappa shape index (κ3) is 6.13. The fraction of sp³-hybridized carbons (Fsp3) is 0.848. The van der Waals surface area contributed by atoms with E-state index in [9.17, 15) is 9.90 Å². The van der Waals surface area contributed by atoms with Gasteiger partial charge in [-0.2, -0.15) is 0 Å². The minimum atomic E-state index is -0.412. The maximum atomic E-state index is 12.2. The number of carbonyl (C=O) groups excluding carboxylic acids is 1. The summed E-state index contributed by atoms with van der Waals surface area (Å²) in [6.07, 6.45) is 8.68. The largest absolute Gasteiger partial charge is 0.390 e. The molecule has 4 aliphatic heterocycles. The van der Waals surface area contributed by atoms with Crippen LogP contribution in [0, 0.1) is 11.8 Å². The van der Waals surface area contributed by atoms with Gasteiger partial charge in [0, 0.05) is 20.6 Å². The van der Waals surface area contributed by atoms with Crippen LogP contribution in [-0.2, 0) is 33.2 Å². The minimum Gasteiger partial charge on any atom is -0.390 e. The van der Waals surface area contributed by atoms with E-state index in [2.05, 4.69) is 53.7 Å². The summed E-state index contributed by atoms with van der Waals surface area (Å²) < 4.78 is 34.7. The smallest absolute Gasteiger partial charge is 0.162 e. The van der Waals surface area contributed by atoms with Gasteiger partial charge in [0.15, 0.2) is 5.78 Å². The Labute approximate surface area is 247 Å². The molecule has 0 aromatic heterocycles. The average Bonchev–Trinajstić information content (AvgIpc) is 3.76.